The molecule has 0 saturated carbocycles. The molecule has 0 bridgehead atoms. The molecule has 0 aromatic heterocycles. The summed E-state index contributed by atoms with van der Waals surface area (Å²) in [6, 6.07) is 0. The summed E-state index contributed by atoms with van der Waals surface area (Å²) in [6.45, 7) is 2.37. The second-order valence-electron chi connectivity index (χ2n) is 17.0. The van der Waals surface area contributed by atoms with Crippen molar-refractivity contribution in [1.82, 2.24) is 0 Å². The summed E-state index contributed by atoms with van der Waals surface area (Å²) in [5, 5.41) is 72.0. The number of aliphatic hydroxyl groups is 7. The number of carbonyl (C=O) groups excluding carboxylic acids is 2. The number of unbranched alkanes of at least 4 members (excludes halogenated alkanes) is 12. The monoisotopic (exact) mass is 937 g/mol. The molecule has 0 radical (unpaired) electrons. The molecule has 2 aliphatic heterocycles. The highest BCUT2D eigenvalue weighted by molar-refractivity contribution is 5.70. The highest BCUT2D eigenvalue weighted by Gasteiger charge is 2.47. The van der Waals surface area contributed by atoms with Crippen LogP contribution >= 0.6 is 0 Å². The molecule has 2 aliphatic rings. The third-order valence-corrected chi connectivity index (χ3v) is 11.3. The Hall–Kier alpha value is -3.02. The maximum absolute atomic E-state index is 13.0. The van der Waals surface area contributed by atoms with Crippen molar-refractivity contribution in [3.05, 3.63) is 66.5 Å². The lowest BCUT2D eigenvalue weighted by atomic mass is 9.98. The summed E-state index contributed by atoms with van der Waals surface area (Å²) >= 11 is 0. The number of rotatable bonds is 36. The van der Waals surface area contributed by atoms with Gasteiger partial charge in [0.05, 0.1) is 19.8 Å². The van der Waals surface area contributed by atoms with Crippen LogP contribution in [0.5, 0.6) is 0 Å². The molecule has 0 aromatic carbocycles. The van der Waals surface area contributed by atoms with Crippen molar-refractivity contribution in [3.8, 4) is 0 Å². The highest BCUT2D eigenvalue weighted by atomic mass is 16.7. The molecule has 2 saturated heterocycles. The minimum absolute atomic E-state index is 0.105. The summed E-state index contributed by atoms with van der Waals surface area (Å²) in [5.74, 6) is -1.00. The first-order chi connectivity index (χ1) is 32.0. The molecule has 7 N–H and O–H groups in total. The van der Waals surface area contributed by atoms with Crippen LogP contribution in [0.2, 0.25) is 0 Å². The van der Waals surface area contributed by atoms with E-state index in [9.17, 15) is 45.3 Å². The van der Waals surface area contributed by atoms with Crippen LogP contribution < -0.4 is 0 Å². The van der Waals surface area contributed by atoms with Crippen molar-refractivity contribution in [2.75, 3.05) is 26.4 Å². The fourth-order valence-corrected chi connectivity index (χ4v) is 7.18. The van der Waals surface area contributed by atoms with Gasteiger partial charge in [0, 0.05) is 12.8 Å². The zero-order valence-electron chi connectivity index (χ0n) is 39.7. The summed E-state index contributed by atoms with van der Waals surface area (Å²) in [7, 11) is 0. The lowest BCUT2D eigenvalue weighted by Crippen LogP contribution is -2.61. The number of ether oxygens (including phenoxy) is 6. The van der Waals surface area contributed by atoms with E-state index in [-0.39, 0.29) is 19.4 Å². The van der Waals surface area contributed by atoms with Crippen molar-refractivity contribution in [2.45, 2.75) is 216 Å². The van der Waals surface area contributed by atoms with Gasteiger partial charge in [-0.05, 0) is 89.2 Å². The standard InChI is InChI=1S/C51H84O15/c1-3-5-7-9-11-13-15-17-19-21-23-25-27-29-31-33-42(53)61-36-39(64-43(54)34-32-30-28-26-24-22-20-18-16-14-12-10-8-6-4-2)37-62-50-49(60)47(58)45(56)41(66-50)38-63-51-48(59)46(57)44(55)40(35-52)65-51/h6,8,12,14-15,18-20,24,26,39-41,44-52,55-60H,3-5,7,9-11,13,16,21-23,25,27-38H2,1-2H3/b8-6+,14-12+,20-18+,26-24+/t17?,39-,40-,41-,44+,45+,46?,47?,48?,49?,50-,51-/m1/s1. The third-order valence-electron chi connectivity index (χ3n) is 11.3. The van der Waals surface area contributed by atoms with Crippen LogP contribution in [0.25, 0.3) is 0 Å². The quantitative estimate of drug-likeness (QED) is 0.0159. The van der Waals surface area contributed by atoms with Crippen molar-refractivity contribution in [1.29, 1.82) is 0 Å². The first-order valence-electron chi connectivity index (χ1n) is 24.6. The van der Waals surface area contributed by atoms with Crippen LogP contribution in [-0.4, -0.2) is 142 Å². The van der Waals surface area contributed by atoms with Crippen LogP contribution in [0, 0.1) is 0 Å². The van der Waals surface area contributed by atoms with E-state index in [0.717, 1.165) is 77.0 Å². The number of esters is 2. The predicted octanol–water partition coefficient (Wildman–Crippen LogP) is 6.25. The van der Waals surface area contributed by atoms with E-state index in [2.05, 4.69) is 80.3 Å². The van der Waals surface area contributed by atoms with Crippen molar-refractivity contribution in [3.63, 3.8) is 0 Å². The van der Waals surface area contributed by atoms with Crippen LogP contribution in [0.3, 0.4) is 0 Å². The topological polar surface area (TPSA) is 231 Å². The van der Waals surface area contributed by atoms with Gasteiger partial charge in [-0.25, -0.2) is 0 Å². The van der Waals surface area contributed by atoms with Crippen LogP contribution in [0.15, 0.2) is 66.5 Å². The van der Waals surface area contributed by atoms with Crippen molar-refractivity contribution in [2.24, 2.45) is 0 Å². The SMILES string of the molecule is CC/C=C/C/C=C/C/C=C/C/C=C/CCCCC(=O)O[C@H](COC(=O)CCCCCCCC=C=CCCCCCCC)CO[C@@H]1O[C@H](CO[C@@H]2O[C@H](CO)[C@H](O)C(O)C2O)[C@H](O)C(O)C1O. The maximum Gasteiger partial charge on any atom is 0.306 e. The first-order valence-corrected chi connectivity index (χ1v) is 24.6. The van der Waals surface area contributed by atoms with E-state index in [1.54, 1.807) is 0 Å². The molecule has 2 fully saturated rings. The van der Waals surface area contributed by atoms with E-state index in [1.165, 1.54) is 32.1 Å². The lowest BCUT2D eigenvalue weighted by molar-refractivity contribution is -0.332. The molecule has 66 heavy (non-hydrogen) atoms. The van der Waals surface area contributed by atoms with Crippen LogP contribution in [0.1, 0.15) is 149 Å². The van der Waals surface area contributed by atoms with Crippen LogP contribution in [0.4, 0.5) is 0 Å². The third kappa shape index (κ3) is 25.9. The summed E-state index contributed by atoms with van der Waals surface area (Å²) in [5.41, 5.74) is 3.28. The van der Waals surface area contributed by atoms with Gasteiger partial charge in [0.15, 0.2) is 18.7 Å². The maximum atomic E-state index is 13.0. The van der Waals surface area contributed by atoms with Crippen molar-refractivity contribution >= 4 is 11.9 Å². The number of hydrogen-bond acceptors (Lipinski definition) is 15. The normalized spacial score (nSPS) is 26.3. The molecular weight excluding hydrogens is 853 g/mol. The Morgan fingerprint density at radius 3 is 1.67 bits per heavy atom. The average molecular weight is 937 g/mol. The smallest absolute Gasteiger partial charge is 0.306 e. The summed E-state index contributed by atoms with van der Waals surface area (Å²) in [4.78, 5) is 25.7. The predicted molar refractivity (Wildman–Crippen MR) is 251 cm³/mol. The number of hydrogen-bond donors (Lipinski definition) is 7. The van der Waals surface area contributed by atoms with E-state index < -0.39 is 99.3 Å². The number of carbonyl (C=O) groups is 2. The second kappa shape index (κ2) is 37.9. The lowest BCUT2D eigenvalue weighted by Gasteiger charge is -2.42. The molecule has 15 nitrogen and oxygen atoms in total. The highest BCUT2D eigenvalue weighted by Crippen LogP contribution is 2.26. The van der Waals surface area contributed by atoms with Gasteiger partial charge in [-0.15, -0.1) is 5.73 Å². The van der Waals surface area contributed by atoms with Gasteiger partial charge in [-0.2, -0.15) is 0 Å². The number of aliphatic hydroxyl groups excluding tert-OH is 7. The van der Waals surface area contributed by atoms with Crippen LogP contribution in [-0.2, 0) is 38.0 Å². The van der Waals surface area contributed by atoms with Gasteiger partial charge >= 0.3 is 11.9 Å². The van der Waals surface area contributed by atoms with Gasteiger partial charge in [0.25, 0.3) is 0 Å². The Balaban J connectivity index is 1.86. The van der Waals surface area contributed by atoms with Gasteiger partial charge in [-0.3, -0.25) is 9.59 Å². The Kier molecular flexibility index (Phi) is 33.9. The minimum Gasteiger partial charge on any atom is -0.462 e. The second-order valence-corrected chi connectivity index (χ2v) is 17.0. The number of allylic oxidation sites excluding steroid dienone is 9. The van der Waals surface area contributed by atoms with Gasteiger partial charge in [0.1, 0.15) is 55.4 Å². The molecule has 2 heterocycles. The molecule has 15 heteroatoms. The molecule has 0 aliphatic carbocycles. The molecule has 2 rings (SSSR count). The Bertz CT molecular complexity index is 1440. The molecule has 0 spiro atoms. The summed E-state index contributed by atoms with van der Waals surface area (Å²) in [6.07, 6.45) is 23.2. The van der Waals surface area contributed by atoms with E-state index in [4.69, 9.17) is 28.4 Å². The zero-order valence-corrected chi connectivity index (χ0v) is 39.7. The Morgan fingerprint density at radius 1 is 0.545 bits per heavy atom. The molecule has 11 atom stereocenters. The largest absolute Gasteiger partial charge is 0.462 e. The van der Waals surface area contributed by atoms with E-state index in [1.807, 2.05) is 0 Å². The molecule has 4 unspecified atom stereocenters. The summed E-state index contributed by atoms with van der Waals surface area (Å²) < 4.78 is 33.4. The van der Waals surface area contributed by atoms with E-state index >= 15 is 0 Å². The fraction of sp³-hybridized carbons (Fsp3) is 0.745. The molecular formula is C51H84O15. The minimum atomic E-state index is -1.78. The van der Waals surface area contributed by atoms with Crippen molar-refractivity contribution < 1.29 is 73.8 Å². The van der Waals surface area contributed by atoms with Gasteiger partial charge in [-0.1, -0.05) is 107 Å². The fourth-order valence-electron chi connectivity index (χ4n) is 7.18. The Morgan fingerprint density at radius 2 is 1.05 bits per heavy atom. The zero-order chi connectivity index (χ0) is 48.2. The Labute approximate surface area is 393 Å². The van der Waals surface area contributed by atoms with Gasteiger partial charge in [0.2, 0.25) is 0 Å². The molecule has 378 valence electrons. The van der Waals surface area contributed by atoms with E-state index in [0.29, 0.717) is 12.8 Å². The first kappa shape index (κ1) is 59.1. The average Bonchev–Trinajstić information content (AvgIpc) is 3.31. The molecule has 0 aromatic rings. The van der Waals surface area contributed by atoms with Gasteiger partial charge < -0.3 is 64.2 Å². The molecule has 0 amide bonds.